The monoisotopic (exact) mass is 406 g/mol. The molecule has 4 rings (SSSR count). The van der Waals surface area contributed by atoms with Crippen LogP contribution >= 0.6 is 11.3 Å². The number of benzene rings is 1. The van der Waals surface area contributed by atoms with E-state index >= 15 is 0 Å². The third kappa shape index (κ3) is 4.17. The van der Waals surface area contributed by atoms with Crippen LogP contribution in [0.1, 0.15) is 15.5 Å². The first kappa shape index (κ1) is 18.4. The van der Waals surface area contributed by atoms with Gasteiger partial charge in [0.2, 0.25) is 0 Å². The maximum Gasteiger partial charge on any atom is 0.272 e. The van der Waals surface area contributed by atoms with Crippen molar-refractivity contribution in [3.63, 3.8) is 0 Å². The Labute approximate surface area is 168 Å². The topological polar surface area (TPSA) is 116 Å². The van der Waals surface area contributed by atoms with Gasteiger partial charge in [0.15, 0.2) is 5.69 Å². The average Bonchev–Trinajstić information content (AvgIpc) is 3.43. The molecule has 10 heteroatoms. The average molecular weight is 406 g/mol. The summed E-state index contributed by atoms with van der Waals surface area (Å²) in [5, 5.41) is 20.5. The second kappa shape index (κ2) is 7.98. The molecule has 0 fully saturated rings. The molecule has 0 radical (unpaired) electrons. The van der Waals surface area contributed by atoms with E-state index in [-0.39, 0.29) is 17.3 Å². The normalized spacial score (nSPS) is 10.6. The summed E-state index contributed by atoms with van der Waals surface area (Å²) in [5.41, 5.74) is 2.67. The number of carbonyl (C=O) groups excluding carboxylic acids is 1. The minimum Gasteiger partial charge on any atom is -0.344 e. The lowest BCUT2D eigenvalue weighted by Crippen LogP contribution is -2.23. The molecule has 9 nitrogen and oxygen atoms in total. The first-order valence-electron chi connectivity index (χ1n) is 8.53. The second-order valence-electron chi connectivity index (χ2n) is 5.96. The first-order chi connectivity index (χ1) is 14.1. The number of rotatable bonds is 6. The molecule has 0 aliphatic rings. The molecule has 0 bridgehead atoms. The Balaban J connectivity index is 1.40. The quantitative estimate of drug-likeness (QED) is 0.388. The van der Waals surface area contributed by atoms with Crippen molar-refractivity contribution in [1.29, 1.82) is 0 Å². The Hall–Kier alpha value is -3.92. The molecule has 3 heterocycles. The minimum atomic E-state index is -0.468. The molecule has 0 spiro atoms. The Bertz CT molecular complexity index is 1150. The summed E-state index contributed by atoms with van der Waals surface area (Å²) in [4.78, 5) is 31.1. The van der Waals surface area contributed by atoms with Gasteiger partial charge in [0.1, 0.15) is 5.01 Å². The number of hydrogen-bond acceptors (Lipinski definition) is 7. The number of thiazole rings is 1. The Morgan fingerprint density at radius 1 is 1.14 bits per heavy atom. The third-order valence-corrected chi connectivity index (χ3v) is 4.92. The number of pyridine rings is 1. The first-order valence-corrected chi connectivity index (χ1v) is 9.41. The van der Waals surface area contributed by atoms with Crippen LogP contribution in [0.3, 0.4) is 0 Å². The molecule has 0 aliphatic heterocycles. The zero-order chi connectivity index (χ0) is 20.2. The molecule has 29 heavy (non-hydrogen) atoms. The molecule has 0 saturated carbocycles. The van der Waals surface area contributed by atoms with Gasteiger partial charge in [0.05, 0.1) is 22.8 Å². The molecule has 3 aromatic heterocycles. The number of nitro groups is 1. The lowest BCUT2D eigenvalue weighted by Gasteiger charge is -2.02. The lowest BCUT2D eigenvalue weighted by atomic mass is 10.2. The number of hydrogen-bond donors (Lipinski definition) is 1. The van der Waals surface area contributed by atoms with E-state index in [0.29, 0.717) is 12.2 Å². The zero-order valence-corrected chi connectivity index (χ0v) is 15.7. The molecule has 0 aliphatic carbocycles. The van der Waals surface area contributed by atoms with Gasteiger partial charge < -0.3 is 5.32 Å². The minimum absolute atomic E-state index is 0.00606. The van der Waals surface area contributed by atoms with Gasteiger partial charge >= 0.3 is 0 Å². The summed E-state index contributed by atoms with van der Waals surface area (Å²) in [6.45, 7) is 0.291. The van der Waals surface area contributed by atoms with Crippen LogP contribution in [0.15, 0.2) is 66.4 Å². The smallest absolute Gasteiger partial charge is 0.272 e. The summed E-state index contributed by atoms with van der Waals surface area (Å²) < 4.78 is 1.49. The Morgan fingerprint density at radius 2 is 1.90 bits per heavy atom. The number of non-ortho nitro benzene ring substituents is 1. The number of nitro benzene ring substituents is 1. The number of nitrogens with zero attached hydrogens (tertiary/aromatic N) is 5. The number of carbonyl (C=O) groups is 1. The van der Waals surface area contributed by atoms with E-state index in [1.54, 1.807) is 36.8 Å². The predicted octanol–water partition coefficient (Wildman–Crippen LogP) is 3.23. The standard InChI is InChI=1S/C19H14N6O3S/c26-19(21-11-18-22-17(12-29-18)13-5-8-20-9-6-13)16-7-10-24(23-16)14-1-3-15(4-2-14)25(27)28/h1-10,12H,11H2,(H,21,26). The summed E-state index contributed by atoms with van der Waals surface area (Å²) in [6.07, 6.45) is 5.04. The molecular formula is C19H14N6O3S. The van der Waals surface area contributed by atoms with E-state index in [4.69, 9.17) is 0 Å². The zero-order valence-electron chi connectivity index (χ0n) is 14.9. The van der Waals surface area contributed by atoms with Crippen LogP contribution in [0.2, 0.25) is 0 Å². The van der Waals surface area contributed by atoms with E-state index in [0.717, 1.165) is 16.3 Å². The largest absolute Gasteiger partial charge is 0.344 e. The van der Waals surface area contributed by atoms with Crippen LogP contribution < -0.4 is 5.32 Å². The van der Waals surface area contributed by atoms with Crippen LogP contribution in [0.5, 0.6) is 0 Å². The van der Waals surface area contributed by atoms with Gasteiger partial charge in [-0.05, 0) is 30.3 Å². The van der Waals surface area contributed by atoms with Crippen LogP contribution in [0.25, 0.3) is 16.9 Å². The van der Waals surface area contributed by atoms with Gasteiger partial charge in [-0.15, -0.1) is 11.3 Å². The fraction of sp³-hybridized carbons (Fsp3) is 0.0526. The molecule has 1 aromatic carbocycles. The van der Waals surface area contributed by atoms with Crippen molar-refractivity contribution in [1.82, 2.24) is 25.1 Å². The molecule has 0 atom stereocenters. The van der Waals surface area contributed by atoms with E-state index in [1.807, 2.05) is 17.5 Å². The summed E-state index contributed by atoms with van der Waals surface area (Å²) in [6, 6.07) is 11.3. The van der Waals surface area contributed by atoms with Crippen molar-refractivity contribution in [2.24, 2.45) is 0 Å². The van der Waals surface area contributed by atoms with Crippen molar-refractivity contribution in [2.75, 3.05) is 0 Å². The predicted molar refractivity (Wildman–Crippen MR) is 107 cm³/mol. The number of nitrogens with one attached hydrogen (secondary N) is 1. The highest BCUT2D eigenvalue weighted by Gasteiger charge is 2.12. The van der Waals surface area contributed by atoms with E-state index in [2.05, 4.69) is 20.4 Å². The lowest BCUT2D eigenvalue weighted by molar-refractivity contribution is -0.384. The molecule has 0 unspecified atom stereocenters. The van der Waals surface area contributed by atoms with E-state index in [1.165, 1.54) is 28.2 Å². The van der Waals surface area contributed by atoms with Gasteiger partial charge in [-0.2, -0.15) is 5.10 Å². The highest BCUT2D eigenvalue weighted by molar-refractivity contribution is 7.09. The fourth-order valence-corrected chi connectivity index (χ4v) is 3.35. The highest BCUT2D eigenvalue weighted by Crippen LogP contribution is 2.21. The van der Waals surface area contributed by atoms with Crippen molar-refractivity contribution < 1.29 is 9.72 Å². The van der Waals surface area contributed by atoms with E-state index < -0.39 is 4.92 Å². The van der Waals surface area contributed by atoms with Gasteiger partial charge in [0.25, 0.3) is 11.6 Å². The molecule has 4 aromatic rings. The van der Waals surface area contributed by atoms with Crippen molar-refractivity contribution in [3.05, 3.63) is 87.3 Å². The highest BCUT2D eigenvalue weighted by atomic mass is 32.1. The van der Waals surface area contributed by atoms with Crippen molar-refractivity contribution in [3.8, 4) is 16.9 Å². The van der Waals surface area contributed by atoms with Gasteiger partial charge in [-0.3, -0.25) is 19.9 Å². The van der Waals surface area contributed by atoms with E-state index in [9.17, 15) is 14.9 Å². The van der Waals surface area contributed by atoms with Crippen LogP contribution in [0.4, 0.5) is 5.69 Å². The Kier molecular flexibility index (Phi) is 5.08. The van der Waals surface area contributed by atoms with Crippen molar-refractivity contribution >= 4 is 22.9 Å². The fourth-order valence-electron chi connectivity index (χ4n) is 2.61. The Morgan fingerprint density at radius 3 is 2.62 bits per heavy atom. The molecular weight excluding hydrogens is 392 g/mol. The van der Waals surface area contributed by atoms with Crippen LogP contribution in [0, 0.1) is 10.1 Å². The maximum absolute atomic E-state index is 12.4. The number of amides is 1. The molecule has 1 amide bonds. The molecule has 144 valence electrons. The second-order valence-corrected chi connectivity index (χ2v) is 6.91. The van der Waals surface area contributed by atoms with Crippen LogP contribution in [-0.2, 0) is 6.54 Å². The molecule has 0 saturated heterocycles. The summed E-state index contributed by atoms with van der Waals surface area (Å²) in [7, 11) is 0. The summed E-state index contributed by atoms with van der Waals surface area (Å²) in [5.74, 6) is -0.327. The van der Waals surface area contributed by atoms with Gasteiger partial charge in [0, 0.05) is 41.7 Å². The molecule has 1 N–H and O–H groups in total. The van der Waals surface area contributed by atoms with Crippen LogP contribution in [-0.4, -0.2) is 30.6 Å². The maximum atomic E-state index is 12.4. The SMILES string of the molecule is O=C(NCc1nc(-c2ccncc2)cs1)c1ccn(-c2ccc([N+](=O)[O-])cc2)n1. The van der Waals surface area contributed by atoms with Gasteiger partial charge in [-0.25, -0.2) is 9.67 Å². The van der Waals surface area contributed by atoms with Gasteiger partial charge in [-0.1, -0.05) is 0 Å². The third-order valence-electron chi connectivity index (χ3n) is 4.07. The van der Waals surface area contributed by atoms with Crippen molar-refractivity contribution in [2.45, 2.75) is 6.54 Å². The number of aromatic nitrogens is 4. The summed E-state index contributed by atoms with van der Waals surface area (Å²) >= 11 is 1.46.